The zero-order valence-electron chi connectivity index (χ0n) is 17.3. The number of aromatic nitrogens is 1. The minimum atomic E-state index is -0.528. The van der Waals surface area contributed by atoms with Crippen LogP contribution in [0.1, 0.15) is 32.8 Å². The van der Waals surface area contributed by atoms with Crippen molar-refractivity contribution >= 4 is 11.8 Å². The summed E-state index contributed by atoms with van der Waals surface area (Å²) in [6.07, 6.45) is 2.19. The largest absolute Gasteiger partial charge is 0.383 e. The van der Waals surface area contributed by atoms with Gasteiger partial charge in [0, 0.05) is 45.6 Å². The van der Waals surface area contributed by atoms with Gasteiger partial charge in [0.25, 0.3) is 11.8 Å². The number of hydrogen-bond donors (Lipinski definition) is 1. The van der Waals surface area contributed by atoms with Crippen LogP contribution < -0.4 is 10.7 Å². The molecule has 4 rings (SSSR count). The minimum Gasteiger partial charge on any atom is -0.383 e. The number of carbonyl (C=O) groups is 2. The van der Waals surface area contributed by atoms with E-state index in [1.807, 2.05) is 0 Å². The van der Waals surface area contributed by atoms with Crippen molar-refractivity contribution in [2.45, 2.75) is 25.7 Å². The number of fused-ring (bicyclic) bond motifs is 2. The fourth-order valence-corrected chi connectivity index (χ4v) is 4.14. The number of nitrogens with one attached hydrogen (secondary N) is 1. The zero-order valence-corrected chi connectivity index (χ0v) is 17.3. The standard InChI is InChI=1S/C22H25FN4O4/c1-31-10-9-25-7-2-8-27-20(25)14-26-13-17(19(28)11-18(26)22(27)30)21(29)24-12-15-3-5-16(23)6-4-15/h3-6,11,13,20H,2,7-10,12,14H2,1H3,(H,24,29). The highest BCUT2D eigenvalue weighted by Gasteiger charge is 2.38. The number of rotatable bonds is 6. The number of ether oxygens (including phenoxy) is 1. The molecule has 0 bridgehead atoms. The number of pyridine rings is 1. The van der Waals surface area contributed by atoms with Gasteiger partial charge in [-0.3, -0.25) is 19.3 Å². The number of benzene rings is 1. The van der Waals surface area contributed by atoms with Crippen molar-refractivity contribution in [1.82, 2.24) is 19.7 Å². The highest BCUT2D eigenvalue weighted by atomic mass is 19.1. The molecule has 1 atom stereocenters. The maximum Gasteiger partial charge on any atom is 0.271 e. The molecule has 0 spiro atoms. The van der Waals surface area contributed by atoms with Crippen LogP contribution in [0.5, 0.6) is 0 Å². The van der Waals surface area contributed by atoms with Crippen LogP contribution in [0.2, 0.25) is 0 Å². The quantitative estimate of drug-likeness (QED) is 0.744. The normalized spacial score (nSPS) is 18.5. The van der Waals surface area contributed by atoms with E-state index >= 15 is 0 Å². The Bertz CT molecular complexity index is 1040. The molecule has 1 fully saturated rings. The lowest BCUT2D eigenvalue weighted by Gasteiger charge is -2.47. The van der Waals surface area contributed by atoms with E-state index in [1.165, 1.54) is 24.4 Å². The van der Waals surface area contributed by atoms with Crippen LogP contribution in [-0.4, -0.2) is 65.7 Å². The number of methoxy groups -OCH3 is 1. The third-order valence-corrected chi connectivity index (χ3v) is 5.79. The van der Waals surface area contributed by atoms with Crippen molar-refractivity contribution in [3.8, 4) is 0 Å². The van der Waals surface area contributed by atoms with Crippen molar-refractivity contribution < 1.29 is 18.7 Å². The number of hydrogen-bond acceptors (Lipinski definition) is 5. The van der Waals surface area contributed by atoms with Crippen LogP contribution in [0.15, 0.2) is 41.3 Å². The van der Waals surface area contributed by atoms with E-state index in [9.17, 15) is 18.8 Å². The Kier molecular flexibility index (Phi) is 6.15. The minimum absolute atomic E-state index is 0.0219. The summed E-state index contributed by atoms with van der Waals surface area (Å²) >= 11 is 0. The summed E-state index contributed by atoms with van der Waals surface area (Å²) in [4.78, 5) is 42.2. The number of nitrogens with zero attached hydrogens (tertiary/aromatic N) is 3. The third kappa shape index (κ3) is 4.38. The lowest BCUT2D eigenvalue weighted by molar-refractivity contribution is -0.0182. The van der Waals surface area contributed by atoms with Crippen LogP contribution >= 0.6 is 0 Å². The van der Waals surface area contributed by atoms with Gasteiger partial charge >= 0.3 is 0 Å². The van der Waals surface area contributed by atoms with E-state index in [4.69, 9.17) is 4.74 Å². The Labute approximate surface area is 179 Å². The molecule has 1 saturated heterocycles. The molecule has 0 radical (unpaired) electrons. The van der Waals surface area contributed by atoms with Crippen LogP contribution in [0.25, 0.3) is 0 Å². The molecule has 164 valence electrons. The SMILES string of the molecule is COCCN1CCCN2C(=O)c3cc(=O)c(C(=O)NCc4ccc(F)cc4)cn3CC12. The predicted octanol–water partition coefficient (Wildman–Crippen LogP) is 1.05. The molecule has 1 unspecified atom stereocenters. The van der Waals surface area contributed by atoms with Gasteiger partial charge in [-0.1, -0.05) is 12.1 Å². The van der Waals surface area contributed by atoms with Gasteiger partial charge in [-0.25, -0.2) is 4.39 Å². The molecule has 31 heavy (non-hydrogen) atoms. The fourth-order valence-electron chi connectivity index (χ4n) is 4.14. The molecule has 2 aliphatic heterocycles. The summed E-state index contributed by atoms with van der Waals surface area (Å²) in [6.45, 7) is 3.40. The maximum absolute atomic E-state index is 13.0. The zero-order chi connectivity index (χ0) is 22.0. The average Bonchev–Trinajstić information content (AvgIpc) is 2.77. The van der Waals surface area contributed by atoms with E-state index in [2.05, 4.69) is 10.2 Å². The van der Waals surface area contributed by atoms with Gasteiger partial charge in [0.2, 0.25) is 0 Å². The Morgan fingerprint density at radius 1 is 1.23 bits per heavy atom. The summed E-state index contributed by atoms with van der Waals surface area (Å²) in [6, 6.07) is 7.01. The maximum atomic E-state index is 13.0. The van der Waals surface area contributed by atoms with Crippen LogP contribution in [0, 0.1) is 5.82 Å². The monoisotopic (exact) mass is 428 g/mol. The topological polar surface area (TPSA) is 83.9 Å². The highest BCUT2D eigenvalue weighted by Crippen LogP contribution is 2.24. The molecule has 1 aromatic heterocycles. The Morgan fingerprint density at radius 2 is 2.00 bits per heavy atom. The van der Waals surface area contributed by atoms with E-state index in [1.54, 1.807) is 28.7 Å². The first kappa shape index (κ1) is 21.2. The second kappa shape index (κ2) is 8.99. The van der Waals surface area contributed by atoms with Crippen molar-refractivity contribution in [3.05, 3.63) is 69.4 Å². The summed E-state index contributed by atoms with van der Waals surface area (Å²) in [7, 11) is 1.64. The lowest BCUT2D eigenvalue weighted by atomic mass is 10.1. The number of carbonyl (C=O) groups excluding carboxylic acids is 2. The summed E-state index contributed by atoms with van der Waals surface area (Å²) in [5.41, 5.74) is 0.494. The van der Waals surface area contributed by atoms with Crippen LogP contribution in [-0.2, 0) is 17.8 Å². The molecular weight excluding hydrogens is 403 g/mol. The molecule has 3 heterocycles. The second-order valence-electron chi connectivity index (χ2n) is 7.76. The fraction of sp³-hybridized carbons (Fsp3) is 0.409. The van der Waals surface area contributed by atoms with Crippen molar-refractivity contribution in [2.24, 2.45) is 0 Å². The van der Waals surface area contributed by atoms with Gasteiger partial charge in [0.05, 0.1) is 13.2 Å². The van der Waals surface area contributed by atoms with Crippen molar-refractivity contribution in [2.75, 3.05) is 33.4 Å². The van der Waals surface area contributed by atoms with Gasteiger partial charge in [0.15, 0.2) is 5.43 Å². The molecule has 1 N–H and O–H groups in total. The second-order valence-corrected chi connectivity index (χ2v) is 7.76. The number of amides is 2. The van der Waals surface area contributed by atoms with Gasteiger partial charge in [-0.15, -0.1) is 0 Å². The Hall–Kier alpha value is -3.04. The van der Waals surface area contributed by atoms with E-state index in [0.29, 0.717) is 31.9 Å². The summed E-state index contributed by atoms with van der Waals surface area (Å²) in [5, 5.41) is 2.69. The van der Waals surface area contributed by atoms with Crippen molar-refractivity contribution in [3.63, 3.8) is 0 Å². The molecule has 8 nitrogen and oxygen atoms in total. The third-order valence-electron chi connectivity index (χ3n) is 5.79. The Morgan fingerprint density at radius 3 is 2.74 bits per heavy atom. The molecule has 9 heteroatoms. The first-order valence-corrected chi connectivity index (χ1v) is 10.3. The molecule has 2 amide bonds. The smallest absolute Gasteiger partial charge is 0.271 e. The first-order chi connectivity index (χ1) is 15.0. The van der Waals surface area contributed by atoms with Crippen LogP contribution in [0.3, 0.4) is 0 Å². The van der Waals surface area contributed by atoms with Gasteiger partial charge < -0.3 is 19.5 Å². The van der Waals surface area contributed by atoms with Gasteiger partial charge in [-0.05, 0) is 24.1 Å². The molecule has 0 aliphatic carbocycles. The summed E-state index contributed by atoms with van der Waals surface area (Å²) < 4.78 is 19.9. The van der Waals surface area contributed by atoms with Crippen molar-refractivity contribution in [1.29, 1.82) is 0 Å². The number of halogens is 1. The highest BCUT2D eigenvalue weighted by molar-refractivity contribution is 5.97. The lowest BCUT2D eigenvalue weighted by Crippen LogP contribution is -2.61. The van der Waals surface area contributed by atoms with Gasteiger partial charge in [0.1, 0.15) is 23.2 Å². The summed E-state index contributed by atoms with van der Waals surface area (Å²) in [5.74, 6) is -1.09. The van der Waals surface area contributed by atoms with E-state index < -0.39 is 11.3 Å². The predicted molar refractivity (Wildman–Crippen MR) is 111 cm³/mol. The Balaban J connectivity index is 1.55. The van der Waals surface area contributed by atoms with E-state index in [-0.39, 0.29) is 30.0 Å². The molecule has 1 aromatic carbocycles. The van der Waals surface area contributed by atoms with Gasteiger partial charge in [-0.2, -0.15) is 0 Å². The molecule has 2 aliphatic rings. The first-order valence-electron chi connectivity index (χ1n) is 10.3. The molecule has 0 saturated carbocycles. The average molecular weight is 428 g/mol. The molecule has 2 aromatic rings. The van der Waals surface area contributed by atoms with Crippen LogP contribution in [0.4, 0.5) is 4.39 Å². The van der Waals surface area contributed by atoms with E-state index in [0.717, 1.165) is 18.5 Å². The molecular formula is C22H25FN4O4.